The van der Waals surface area contributed by atoms with E-state index in [0.717, 1.165) is 44.9 Å². The summed E-state index contributed by atoms with van der Waals surface area (Å²) < 4.78 is 5.50. The summed E-state index contributed by atoms with van der Waals surface area (Å²) in [5.74, 6) is -0.0505. The molecular weight excluding hydrogens is 935 g/mol. The molecule has 0 radical (unpaired) electrons. The Labute approximate surface area is 474 Å². The Morgan fingerprint density at radius 1 is 0.368 bits per heavy atom. The van der Waals surface area contributed by atoms with Crippen molar-refractivity contribution in [3.8, 4) is 0 Å². The van der Waals surface area contributed by atoms with Gasteiger partial charge >= 0.3 is 5.97 Å². The van der Waals surface area contributed by atoms with Gasteiger partial charge in [0.2, 0.25) is 5.91 Å². The van der Waals surface area contributed by atoms with Crippen molar-refractivity contribution in [2.75, 3.05) is 13.2 Å². The van der Waals surface area contributed by atoms with Crippen molar-refractivity contribution >= 4 is 11.9 Å². The van der Waals surface area contributed by atoms with Crippen molar-refractivity contribution < 1.29 is 24.5 Å². The zero-order valence-corrected chi connectivity index (χ0v) is 51.3. The Morgan fingerprint density at radius 2 is 0.658 bits per heavy atom. The molecule has 0 aliphatic heterocycles. The van der Waals surface area contributed by atoms with E-state index in [-0.39, 0.29) is 18.5 Å². The van der Waals surface area contributed by atoms with Gasteiger partial charge in [0.15, 0.2) is 0 Å². The Balaban J connectivity index is 3.37. The number of carbonyl (C=O) groups is 2. The number of nitrogens with one attached hydrogen (secondary N) is 1. The second-order valence-corrected chi connectivity index (χ2v) is 23.5. The molecule has 0 aromatic rings. The lowest BCUT2D eigenvalue weighted by molar-refractivity contribution is -0.143. The Morgan fingerprint density at radius 3 is 1.00 bits per heavy atom. The van der Waals surface area contributed by atoms with Gasteiger partial charge in [-0.1, -0.05) is 333 Å². The summed E-state index contributed by atoms with van der Waals surface area (Å²) in [7, 11) is 0. The van der Waals surface area contributed by atoms with Crippen LogP contribution in [0.2, 0.25) is 0 Å². The van der Waals surface area contributed by atoms with Crippen LogP contribution in [0.25, 0.3) is 0 Å². The number of hydrogen-bond donors (Lipinski definition) is 3. The maximum atomic E-state index is 12.4. The van der Waals surface area contributed by atoms with Gasteiger partial charge in [-0.05, 0) is 64.2 Å². The predicted octanol–water partition coefficient (Wildman–Crippen LogP) is 21.9. The molecule has 0 aliphatic rings. The number of rotatable bonds is 64. The van der Waals surface area contributed by atoms with Crippen LogP contribution in [0.1, 0.15) is 373 Å². The monoisotopic (exact) mass is 1070 g/mol. The van der Waals surface area contributed by atoms with E-state index in [1.165, 1.54) is 302 Å². The molecule has 0 aromatic heterocycles. The lowest BCUT2D eigenvalue weighted by Crippen LogP contribution is -2.45. The fourth-order valence-electron chi connectivity index (χ4n) is 10.7. The third-order valence-electron chi connectivity index (χ3n) is 15.9. The lowest BCUT2D eigenvalue weighted by Gasteiger charge is -2.20. The maximum Gasteiger partial charge on any atom is 0.305 e. The van der Waals surface area contributed by atoms with Crippen LogP contribution in [0.4, 0.5) is 0 Å². The Bertz CT molecular complexity index is 1230. The second kappa shape index (κ2) is 65.6. The topological polar surface area (TPSA) is 95.9 Å². The zero-order chi connectivity index (χ0) is 55.0. The van der Waals surface area contributed by atoms with Gasteiger partial charge in [-0.2, -0.15) is 0 Å². The van der Waals surface area contributed by atoms with Crippen molar-refractivity contribution in [1.82, 2.24) is 5.32 Å². The van der Waals surface area contributed by atoms with Gasteiger partial charge < -0.3 is 20.3 Å². The van der Waals surface area contributed by atoms with E-state index >= 15 is 0 Å². The quantitative estimate of drug-likeness (QED) is 0.0320. The maximum absolute atomic E-state index is 12.4. The highest BCUT2D eigenvalue weighted by Crippen LogP contribution is 2.18. The molecule has 0 fully saturated rings. The van der Waals surface area contributed by atoms with Crippen LogP contribution in [-0.4, -0.2) is 47.4 Å². The van der Waals surface area contributed by atoms with E-state index in [1.54, 1.807) is 6.08 Å². The first kappa shape index (κ1) is 74.1. The molecule has 0 heterocycles. The van der Waals surface area contributed by atoms with Crippen LogP contribution >= 0.6 is 0 Å². The van der Waals surface area contributed by atoms with Crippen LogP contribution in [0.15, 0.2) is 36.5 Å². The molecule has 448 valence electrons. The van der Waals surface area contributed by atoms with Gasteiger partial charge in [0.25, 0.3) is 0 Å². The number of aliphatic hydroxyl groups excluding tert-OH is 2. The van der Waals surface area contributed by atoms with Crippen LogP contribution in [-0.2, 0) is 14.3 Å². The highest BCUT2D eigenvalue weighted by molar-refractivity contribution is 5.76. The summed E-state index contributed by atoms with van der Waals surface area (Å²) in [6.07, 6.45) is 83.7. The first-order valence-electron chi connectivity index (χ1n) is 34.3. The van der Waals surface area contributed by atoms with Gasteiger partial charge in [-0.15, -0.1) is 0 Å². The molecule has 0 rings (SSSR count). The van der Waals surface area contributed by atoms with E-state index in [9.17, 15) is 19.8 Å². The lowest BCUT2D eigenvalue weighted by atomic mass is 10.0. The molecule has 2 unspecified atom stereocenters. The number of carbonyl (C=O) groups excluding carboxylic acids is 2. The predicted molar refractivity (Wildman–Crippen MR) is 333 cm³/mol. The van der Waals surface area contributed by atoms with Crippen molar-refractivity contribution in [3.05, 3.63) is 36.5 Å². The van der Waals surface area contributed by atoms with Gasteiger partial charge in [-0.25, -0.2) is 0 Å². The van der Waals surface area contributed by atoms with Crippen molar-refractivity contribution in [2.45, 2.75) is 386 Å². The number of hydrogen-bond acceptors (Lipinski definition) is 5. The van der Waals surface area contributed by atoms with E-state index in [1.807, 2.05) is 6.08 Å². The summed E-state index contributed by atoms with van der Waals surface area (Å²) >= 11 is 0. The molecule has 0 bridgehead atoms. The number of allylic oxidation sites excluding steroid dienone is 5. The Hall–Kier alpha value is -1.92. The SMILES string of the molecule is CCCCCCCCCCC/C=C/C(O)C(CO)NC(=O)CCCCCCCCCCCCCCCCC/C=C\C/C=C\CCCCCCCCCCCOC(=O)CCCCCCCCCCCCCCCCCCC. The van der Waals surface area contributed by atoms with Crippen LogP contribution in [0.5, 0.6) is 0 Å². The molecule has 6 nitrogen and oxygen atoms in total. The number of unbranched alkanes of at least 4 members (excludes halogenated alkanes) is 49. The average molecular weight is 1070 g/mol. The number of esters is 1. The fourth-order valence-corrected chi connectivity index (χ4v) is 10.7. The number of amides is 1. The minimum Gasteiger partial charge on any atom is -0.466 e. The van der Waals surface area contributed by atoms with Gasteiger partial charge in [0.05, 0.1) is 25.4 Å². The summed E-state index contributed by atoms with van der Waals surface area (Å²) in [6.45, 7) is 4.91. The summed E-state index contributed by atoms with van der Waals surface area (Å²) in [4.78, 5) is 24.5. The van der Waals surface area contributed by atoms with Gasteiger partial charge in [-0.3, -0.25) is 9.59 Å². The highest BCUT2D eigenvalue weighted by atomic mass is 16.5. The molecule has 76 heavy (non-hydrogen) atoms. The number of aliphatic hydroxyl groups is 2. The third-order valence-corrected chi connectivity index (χ3v) is 15.9. The van der Waals surface area contributed by atoms with Crippen LogP contribution in [0, 0.1) is 0 Å². The van der Waals surface area contributed by atoms with E-state index in [0.29, 0.717) is 19.4 Å². The standard InChI is InChI=1S/C70H133NO5/c1-3-5-7-9-11-13-15-16-17-33-37-40-44-48-52-56-60-64-70(75)76-65-61-57-53-49-45-41-38-35-32-30-28-26-24-22-20-18-19-21-23-25-27-29-31-34-36-39-43-47-51-55-59-63-69(74)71-67(66-72)68(73)62-58-54-50-46-42-14-12-10-8-6-4-2/h20,22,26,28,58,62,67-68,72-73H,3-19,21,23-25,27,29-57,59-61,63-66H2,1-2H3,(H,71,74)/b22-20-,28-26-,62-58+. The number of ether oxygens (including phenoxy) is 1. The van der Waals surface area contributed by atoms with E-state index in [2.05, 4.69) is 43.5 Å². The minimum absolute atomic E-state index is 0.0171. The fraction of sp³-hybridized carbons (Fsp3) is 0.886. The molecular formula is C70H133NO5. The minimum atomic E-state index is -0.842. The van der Waals surface area contributed by atoms with Crippen molar-refractivity contribution in [3.63, 3.8) is 0 Å². The largest absolute Gasteiger partial charge is 0.466 e. The summed E-state index contributed by atoms with van der Waals surface area (Å²) in [5.41, 5.74) is 0. The first-order chi connectivity index (χ1) is 37.5. The summed E-state index contributed by atoms with van der Waals surface area (Å²) in [6, 6.07) is -0.626. The van der Waals surface area contributed by atoms with Crippen molar-refractivity contribution in [1.29, 1.82) is 0 Å². The van der Waals surface area contributed by atoms with Gasteiger partial charge in [0, 0.05) is 12.8 Å². The molecule has 0 aliphatic carbocycles. The molecule has 1 amide bonds. The van der Waals surface area contributed by atoms with Crippen molar-refractivity contribution in [2.24, 2.45) is 0 Å². The molecule has 3 N–H and O–H groups in total. The van der Waals surface area contributed by atoms with Crippen LogP contribution < -0.4 is 5.32 Å². The third kappa shape index (κ3) is 61.3. The second-order valence-electron chi connectivity index (χ2n) is 23.5. The van der Waals surface area contributed by atoms with Crippen LogP contribution in [0.3, 0.4) is 0 Å². The molecule has 0 saturated carbocycles. The first-order valence-corrected chi connectivity index (χ1v) is 34.3. The zero-order valence-electron chi connectivity index (χ0n) is 51.3. The molecule has 0 spiro atoms. The van der Waals surface area contributed by atoms with Gasteiger partial charge in [0.1, 0.15) is 0 Å². The molecule has 6 heteroatoms. The molecule has 0 aromatic carbocycles. The average Bonchev–Trinajstić information content (AvgIpc) is 3.42. The normalized spacial score (nSPS) is 12.7. The van der Waals surface area contributed by atoms with E-state index in [4.69, 9.17) is 4.74 Å². The smallest absolute Gasteiger partial charge is 0.305 e. The molecule has 0 saturated heterocycles. The highest BCUT2D eigenvalue weighted by Gasteiger charge is 2.18. The van der Waals surface area contributed by atoms with E-state index < -0.39 is 12.1 Å². The Kier molecular flexibility index (Phi) is 63.9. The summed E-state index contributed by atoms with van der Waals surface area (Å²) in [5, 5.41) is 23.0. The molecule has 2 atom stereocenters.